The van der Waals surface area contributed by atoms with Crippen LogP contribution in [0.15, 0.2) is 29.8 Å². The van der Waals surface area contributed by atoms with Crippen molar-refractivity contribution < 1.29 is 4.79 Å². The minimum absolute atomic E-state index is 0.151. The highest BCUT2D eigenvalue weighted by Gasteiger charge is 2.14. The van der Waals surface area contributed by atoms with Crippen LogP contribution in [0.2, 0.25) is 0 Å². The molecule has 0 unspecified atom stereocenters. The molecule has 2 rings (SSSR count). The lowest BCUT2D eigenvalue weighted by molar-refractivity contribution is 0.0934. The van der Waals surface area contributed by atoms with Gasteiger partial charge in [0.1, 0.15) is 10.7 Å². The molecular formula is C12H14N4OS. The molecule has 2 aromatic heterocycles. The number of carbonyl (C=O) groups is 1. The van der Waals surface area contributed by atoms with Crippen LogP contribution in [0, 0.1) is 0 Å². The number of nitrogens with two attached hydrogens (primary N) is 1. The van der Waals surface area contributed by atoms with Gasteiger partial charge in [-0.15, -0.1) is 11.3 Å². The van der Waals surface area contributed by atoms with E-state index in [0.29, 0.717) is 12.2 Å². The van der Waals surface area contributed by atoms with Crippen LogP contribution in [0.5, 0.6) is 0 Å². The van der Waals surface area contributed by atoms with Crippen LogP contribution in [-0.4, -0.2) is 15.9 Å². The number of hydrogen-bond donors (Lipinski definition) is 2. The van der Waals surface area contributed by atoms with Gasteiger partial charge in [0.05, 0.1) is 11.7 Å². The van der Waals surface area contributed by atoms with Gasteiger partial charge < -0.3 is 11.1 Å². The van der Waals surface area contributed by atoms with Crippen molar-refractivity contribution in [2.45, 2.75) is 19.5 Å². The number of amides is 1. The van der Waals surface area contributed by atoms with Crippen LogP contribution < -0.4 is 11.1 Å². The molecule has 0 fully saturated rings. The summed E-state index contributed by atoms with van der Waals surface area (Å²) >= 11 is 1.39. The largest absolute Gasteiger partial charge is 0.343 e. The highest BCUT2D eigenvalue weighted by atomic mass is 32.1. The predicted octanol–water partition coefficient (Wildman–Crippen LogP) is 1.49. The summed E-state index contributed by atoms with van der Waals surface area (Å²) in [4.78, 5) is 20.3. The predicted molar refractivity (Wildman–Crippen MR) is 70.1 cm³/mol. The Morgan fingerprint density at radius 1 is 1.56 bits per heavy atom. The lowest BCUT2D eigenvalue weighted by atomic mass is 10.2. The standard InChI is InChI=1S/C12H14N4OS/c1-8(9-4-2-3-5-14-9)15-12(17)10-7-18-11(6-13)16-10/h2-5,7-8H,6,13H2,1H3,(H,15,17)/t8-/m0/s1. The summed E-state index contributed by atoms with van der Waals surface area (Å²) in [5.41, 5.74) is 6.69. The number of aromatic nitrogens is 2. The Hall–Kier alpha value is -1.79. The van der Waals surface area contributed by atoms with Crippen molar-refractivity contribution in [3.05, 3.63) is 46.2 Å². The Morgan fingerprint density at radius 2 is 2.39 bits per heavy atom. The van der Waals surface area contributed by atoms with Gasteiger partial charge in [-0.1, -0.05) is 6.07 Å². The third-order valence-electron chi connectivity index (χ3n) is 2.44. The Labute approximate surface area is 109 Å². The molecule has 0 aliphatic carbocycles. The molecule has 1 amide bonds. The average molecular weight is 262 g/mol. The van der Waals surface area contributed by atoms with E-state index in [2.05, 4.69) is 15.3 Å². The zero-order valence-electron chi connectivity index (χ0n) is 9.96. The highest BCUT2D eigenvalue weighted by molar-refractivity contribution is 7.09. The highest BCUT2D eigenvalue weighted by Crippen LogP contribution is 2.12. The second kappa shape index (κ2) is 5.70. The Morgan fingerprint density at radius 3 is 3.00 bits per heavy atom. The van der Waals surface area contributed by atoms with Crippen LogP contribution in [-0.2, 0) is 6.54 Å². The molecule has 0 saturated carbocycles. The van der Waals surface area contributed by atoms with Crippen LogP contribution in [0.25, 0.3) is 0 Å². The summed E-state index contributed by atoms with van der Waals surface area (Å²) in [5.74, 6) is -0.205. The number of carbonyl (C=O) groups excluding carboxylic acids is 1. The van der Waals surface area contributed by atoms with Gasteiger partial charge in [-0.3, -0.25) is 9.78 Å². The average Bonchev–Trinajstić information content (AvgIpc) is 2.88. The molecule has 0 spiro atoms. The molecular weight excluding hydrogens is 248 g/mol. The maximum absolute atomic E-state index is 11.9. The molecule has 0 aromatic carbocycles. The van der Waals surface area contributed by atoms with Crippen LogP contribution in [0.4, 0.5) is 0 Å². The van der Waals surface area contributed by atoms with E-state index in [4.69, 9.17) is 5.73 Å². The first-order valence-corrected chi connectivity index (χ1v) is 6.45. The van der Waals surface area contributed by atoms with Gasteiger partial charge in [0, 0.05) is 18.1 Å². The number of hydrogen-bond acceptors (Lipinski definition) is 5. The summed E-state index contributed by atoms with van der Waals surface area (Å²) < 4.78 is 0. The molecule has 3 N–H and O–H groups in total. The Kier molecular flexibility index (Phi) is 4.01. The smallest absolute Gasteiger partial charge is 0.271 e. The molecule has 2 aromatic rings. The van der Waals surface area contributed by atoms with Crippen molar-refractivity contribution in [3.63, 3.8) is 0 Å². The van der Waals surface area contributed by atoms with E-state index in [0.717, 1.165) is 10.7 Å². The third kappa shape index (κ3) is 2.91. The van der Waals surface area contributed by atoms with Crippen LogP contribution in [0.3, 0.4) is 0 Å². The molecule has 6 heteroatoms. The SMILES string of the molecule is C[C@H](NC(=O)c1csc(CN)n1)c1ccccn1. The van der Waals surface area contributed by atoms with E-state index in [-0.39, 0.29) is 11.9 Å². The molecule has 0 bridgehead atoms. The number of nitrogens with zero attached hydrogens (tertiary/aromatic N) is 2. The maximum atomic E-state index is 11.9. The summed E-state index contributed by atoms with van der Waals surface area (Å²) in [5, 5.41) is 5.32. The van der Waals surface area contributed by atoms with Crippen molar-refractivity contribution in [2.24, 2.45) is 5.73 Å². The Bertz CT molecular complexity index is 526. The second-order valence-corrected chi connectivity index (χ2v) is 4.72. The topological polar surface area (TPSA) is 80.9 Å². The molecule has 0 radical (unpaired) electrons. The second-order valence-electron chi connectivity index (χ2n) is 3.78. The first kappa shape index (κ1) is 12.7. The summed E-state index contributed by atoms with van der Waals surface area (Å²) in [6, 6.07) is 5.45. The molecule has 2 heterocycles. The van der Waals surface area contributed by atoms with Gasteiger partial charge in [-0.05, 0) is 19.1 Å². The first-order valence-electron chi connectivity index (χ1n) is 5.57. The van der Waals surface area contributed by atoms with Gasteiger partial charge in [0.25, 0.3) is 5.91 Å². The Balaban J connectivity index is 2.03. The zero-order chi connectivity index (χ0) is 13.0. The summed E-state index contributed by atoms with van der Waals surface area (Å²) in [6.45, 7) is 2.24. The number of rotatable bonds is 4. The molecule has 18 heavy (non-hydrogen) atoms. The fourth-order valence-electron chi connectivity index (χ4n) is 1.49. The van der Waals surface area contributed by atoms with Crippen molar-refractivity contribution in [3.8, 4) is 0 Å². The van der Waals surface area contributed by atoms with E-state index in [1.807, 2.05) is 25.1 Å². The van der Waals surface area contributed by atoms with E-state index < -0.39 is 0 Å². The molecule has 0 aliphatic rings. The lowest BCUT2D eigenvalue weighted by Gasteiger charge is -2.11. The lowest BCUT2D eigenvalue weighted by Crippen LogP contribution is -2.27. The fraction of sp³-hybridized carbons (Fsp3) is 0.250. The van der Waals surface area contributed by atoms with Gasteiger partial charge in [-0.2, -0.15) is 0 Å². The molecule has 0 aliphatic heterocycles. The van der Waals surface area contributed by atoms with Crippen LogP contribution >= 0.6 is 11.3 Å². The maximum Gasteiger partial charge on any atom is 0.271 e. The summed E-state index contributed by atoms with van der Waals surface area (Å²) in [7, 11) is 0. The summed E-state index contributed by atoms with van der Waals surface area (Å²) in [6.07, 6.45) is 1.70. The van der Waals surface area contributed by atoms with Crippen LogP contribution in [0.1, 0.15) is 34.2 Å². The quantitative estimate of drug-likeness (QED) is 0.874. The normalized spacial score (nSPS) is 12.1. The third-order valence-corrected chi connectivity index (χ3v) is 3.31. The molecule has 0 saturated heterocycles. The minimum Gasteiger partial charge on any atom is -0.343 e. The van der Waals surface area contributed by atoms with E-state index in [1.165, 1.54) is 11.3 Å². The minimum atomic E-state index is -0.205. The fourth-order valence-corrected chi connectivity index (χ4v) is 2.14. The van der Waals surface area contributed by atoms with Crippen molar-refractivity contribution >= 4 is 17.2 Å². The molecule has 94 valence electrons. The van der Waals surface area contributed by atoms with Crippen molar-refractivity contribution in [1.82, 2.24) is 15.3 Å². The van der Waals surface area contributed by atoms with Gasteiger partial charge in [0.15, 0.2) is 0 Å². The van der Waals surface area contributed by atoms with E-state index in [9.17, 15) is 4.79 Å². The van der Waals surface area contributed by atoms with E-state index >= 15 is 0 Å². The molecule has 1 atom stereocenters. The monoisotopic (exact) mass is 262 g/mol. The van der Waals surface area contributed by atoms with Crippen molar-refractivity contribution in [1.29, 1.82) is 0 Å². The van der Waals surface area contributed by atoms with E-state index in [1.54, 1.807) is 11.6 Å². The number of thiazole rings is 1. The number of pyridine rings is 1. The number of nitrogens with one attached hydrogen (secondary N) is 1. The first-order chi connectivity index (χ1) is 8.70. The molecule has 5 nitrogen and oxygen atoms in total. The van der Waals surface area contributed by atoms with Gasteiger partial charge in [0.2, 0.25) is 0 Å². The van der Waals surface area contributed by atoms with Gasteiger partial charge in [-0.25, -0.2) is 4.98 Å². The van der Waals surface area contributed by atoms with Gasteiger partial charge >= 0.3 is 0 Å². The van der Waals surface area contributed by atoms with Crippen molar-refractivity contribution in [2.75, 3.05) is 0 Å². The zero-order valence-corrected chi connectivity index (χ0v) is 10.8.